The first kappa shape index (κ1) is 17.0. The fourth-order valence-electron chi connectivity index (χ4n) is 3.58. The van der Waals surface area contributed by atoms with Crippen molar-refractivity contribution < 1.29 is 24.2 Å². The van der Waals surface area contributed by atoms with Crippen LogP contribution in [0.5, 0.6) is 5.75 Å². The third-order valence-electron chi connectivity index (χ3n) is 4.95. The number of amides is 1. The topological polar surface area (TPSA) is 76.1 Å². The normalized spacial score (nSPS) is 22.5. The molecule has 7 heteroatoms. The van der Waals surface area contributed by atoms with E-state index >= 15 is 0 Å². The minimum atomic E-state index is -0.844. The first-order valence-corrected chi connectivity index (χ1v) is 8.35. The molecule has 2 saturated heterocycles. The molecule has 1 N–H and O–H groups in total. The summed E-state index contributed by atoms with van der Waals surface area (Å²) in [5, 5.41) is 10.1. The van der Waals surface area contributed by atoms with E-state index in [1.54, 1.807) is 29.2 Å². The van der Waals surface area contributed by atoms with Gasteiger partial charge in [-0.25, -0.2) is 0 Å². The molecule has 1 amide bonds. The van der Waals surface area contributed by atoms with Gasteiger partial charge in [-0.05, 0) is 31.0 Å². The molecular formula is C17H20ClNO5. The van der Waals surface area contributed by atoms with Crippen LogP contribution in [0, 0.1) is 11.3 Å². The molecule has 1 aromatic rings. The van der Waals surface area contributed by atoms with Gasteiger partial charge < -0.3 is 19.5 Å². The fourth-order valence-corrected chi connectivity index (χ4v) is 3.76. The third-order valence-corrected chi connectivity index (χ3v) is 5.18. The van der Waals surface area contributed by atoms with Gasteiger partial charge in [0.15, 0.2) is 6.61 Å². The quantitative estimate of drug-likeness (QED) is 0.896. The Morgan fingerprint density at radius 3 is 2.79 bits per heavy atom. The van der Waals surface area contributed by atoms with E-state index in [0.29, 0.717) is 43.4 Å². The summed E-state index contributed by atoms with van der Waals surface area (Å²) in [6.45, 7) is 1.65. The standard InChI is InChI=1S/C17H20ClNO5/c18-12-2-1-3-13(8-12)24-10-15(20)19-9-14(16(21)22)17(11-19)4-6-23-7-5-17/h1-3,8,14H,4-7,9-11H2,(H,21,22). The van der Waals surface area contributed by atoms with E-state index in [9.17, 15) is 14.7 Å². The number of hydrogen-bond acceptors (Lipinski definition) is 4. The monoisotopic (exact) mass is 353 g/mol. The molecule has 2 aliphatic rings. The number of carbonyl (C=O) groups excluding carboxylic acids is 1. The van der Waals surface area contributed by atoms with Crippen molar-refractivity contribution in [1.29, 1.82) is 0 Å². The number of carbonyl (C=O) groups is 2. The van der Waals surface area contributed by atoms with E-state index in [0.717, 1.165) is 0 Å². The molecule has 0 bridgehead atoms. The van der Waals surface area contributed by atoms with Crippen LogP contribution in [0.2, 0.25) is 5.02 Å². The van der Waals surface area contributed by atoms with Crippen molar-refractivity contribution in [2.24, 2.45) is 11.3 Å². The maximum absolute atomic E-state index is 12.4. The van der Waals surface area contributed by atoms with Gasteiger partial charge in [-0.3, -0.25) is 9.59 Å². The number of rotatable bonds is 4. The second-order valence-corrected chi connectivity index (χ2v) is 6.82. The zero-order valence-corrected chi connectivity index (χ0v) is 14.0. The predicted molar refractivity (Wildman–Crippen MR) is 87.1 cm³/mol. The molecule has 2 heterocycles. The second-order valence-electron chi connectivity index (χ2n) is 6.39. The van der Waals surface area contributed by atoms with Crippen molar-refractivity contribution in [3.8, 4) is 5.75 Å². The predicted octanol–water partition coefficient (Wildman–Crippen LogP) is 2.06. The van der Waals surface area contributed by atoms with Gasteiger partial charge in [-0.2, -0.15) is 0 Å². The van der Waals surface area contributed by atoms with Gasteiger partial charge in [-0.1, -0.05) is 17.7 Å². The van der Waals surface area contributed by atoms with Crippen LogP contribution in [0.3, 0.4) is 0 Å². The molecular weight excluding hydrogens is 334 g/mol. The molecule has 0 aromatic heterocycles. The molecule has 24 heavy (non-hydrogen) atoms. The second kappa shape index (κ2) is 6.99. The Balaban J connectivity index is 1.64. The average molecular weight is 354 g/mol. The fraction of sp³-hybridized carbons (Fsp3) is 0.529. The lowest BCUT2D eigenvalue weighted by Crippen LogP contribution is -2.40. The molecule has 0 aliphatic carbocycles. The van der Waals surface area contributed by atoms with Crippen LogP contribution >= 0.6 is 11.6 Å². The highest BCUT2D eigenvalue weighted by Gasteiger charge is 2.51. The number of halogens is 1. The number of hydrogen-bond donors (Lipinski definition) is 1. The van der Waals surface area contributed by atoms with Crippen molar-refractivity contribution in [2.45, 2.75) is 12.8 Å². The van der Waals surface area contributed by atoms with Gasteiger partial charge in [0.2, 0.25) is 0 Å². The Morgan fingerprint density at radius 2 is 2.12 bits per heavy atom. The van der Waals surface area contributed by atoms with Crippen molar-refractivity contribution in [1.82, 2.24) is 4.90 Å². The van der Waals surface area contributed by atoms with Gasteiger partial charge in [0.25, 0.3) is 5.91 Å². The number of carboxylic acids is 1. The Kier molecular flexibility index (Phi) is 4.96. The highest BCUT2D eigenvalue weighted by molar-refractivity contribution is 6.30. The first-order chi connectivity index (χ1) is 11.5. The minimum Gasteiger partial charge on any atom is -0.484 e. The lowest BCUT2D eigenvalue weighted by atomic mass is 9.72. The van der Waals surface area contributed by atoms with E-state index in [4.69, 9.17) is 21.1 Å². The van der Waals surface area contributed by atoms with Gasteiger partial charge in [0.1, 0.15) is 5.75 Å². The number of ether oxygens (including phenoxy) is 2. The van der Waals surface area contributed by atoms with Crippen molar-refractivity contribution >= 4 is 23.5 Å². The number of benzene rings is 1. The summed E-state index contributed by atoms with van der Waals surface area (Å²) in [6.07, 6.45) is 1.34. The molecule has 130 valence electrons. The van der Waals surface area contributed by atoms with Crippen LogP contribution < -0.4 is 4.74 Å². The highest BCUT2D eigenvalue weighted by atomic mass is 35.5. The van der Waals surface area contributed by atoms with E-state index in [1.807, 2.05) is 0 Å². The molecule has 1 atom stereocenters. The zero-order valence-electron chi connectivity index (χ0n) is 13.2. The number of carboxylic acid groups (broad SMARTS) is 1. The van der Waals surface area contributed by atoms with Crippen LogP contribution in [0.1, 0.15) is 12.8 Å². The summed E-state index contributed by atoms with van der Waals surface area (Å²) in [5.74, 6) is -1.07. The summed E-state index contributed by atoms with van der Waals surface area (Å²) in [6, 6.07) is 6.83. The first-order valence-electron chi connectivity index (χ1n) is 7.97. The maximum atomic E-state index is 12.4. The highest BCUT2D eigenvalue weighted by Crippen LogP contribution is 2.44. The molecule has 2 aliphatic heterocycles. The lowest BCUT2D eigenvalue weighted by molar-refractivity contribution is -0.146. The molecule has 1 unspecified atom stereocenters. The maximum Gasteiger partial charge on any atom is 0.308 e. The number of nitrogens with zero attached hydrogens (tertiary/aromatic N) is 1. The Bertz CT molecular complexity index is 629. The van der Waals surface area contributed by atoms with Crippen LogP contribution in [-0.2, 0) is 14.3 Å². The van der Waals surface area contributed by atoms with E-state index in [2.05, 4.69) is 0 Å². The molecule has 2 fully saturated rings. The van der Waals surface area contributed by atoms with Gasteiger partial charge >= 0.3 is 5.97 Å². The summed E-state index contributed by atoms with van der Waals surface area (Å²) < 4.78 is 10.8. The van der Waals surface area contributed by atoms with Gasteiger partial charge in [-0.15, -0.1) is 0 Å². The van der Waals surface area contributed by atoms with Crippen molar-refractivity contribution in [3.05, 3.63) is 29.3 Å². The van der Waals surface area contributed by atoms with Gasteiger partial charge in [0.05, 0.1) is 5.92 Å². The molecule has 1 spiro atoms. The van der Waals surface area contributed by atoms with Gasteiger partial charge in [0, 0.05) is 36.7 Å². The number of aliphatic carboxylic acids is 1. The smallest absolute Gasteiger partial charge is 0.308 e. The van der Waals surface area contributed by atoms with Crippen LogP contribution in [0.4, 0.5) is 0 Å². The molecule has 3 rings (SSSR count). The van der Waals surface area contributed by atoms with E-state index in [-0.39, 0.29) is 24.5 Å². The third kappa shape index (κ3) is 3.49. The average Bonchev–Trinajstić information content (AvgIpc) is 2.92. The summed E-state index contributed by atoms with van der Waals surface area (Å²) >= 11 is 5.89. The summed E-state index contributed by atoms with van der Waals surface area (Å²) in [4.78, 5) is 25.7. The largest absolute Gasteiger partial charge is 0.484 e. The van der Waals surface area contributed by atoms with Crippen LogP contribution in [0.15, 0.2) is 24.3 Å². The Hall–Kier alpha value is -1.79. The zero-order chi connectivity index (χ0) is 17.2. The summed E-state index contributed by atoms with van der Waals surface area (Å²) in [5.41, 5.74) is -0.379. The van der Waals surface area contributed by atoms with Crippen molar-refractivity contribution in [2.75, 3.05) is 32.9 Å². The van der Waals surface area contributed by atoms with E-state index in [1.165, 1.54) is 0 Å². The summed E-state index contributed by atoms with van der Waals surface area (Å²) in [7, 11) is 0. The Labute approximate surface area is 145 Å². The van der Waals surface area contributed by atoms with Crippen molar-refractivity contribution in [3.63, 3.8) is 0 Å². The molecule has 1 aromatic carbocycles. The molecule has 6 nitrogen and oxygen atoms in total. The van der Waals surface area contributed by atoms with Crippen LogP contribution in [-0.4, -0.2) is 54.8 Å². The minimum absolute atomic E-state index is 0.126. The SMILES string of the molecule is O=C(O)C1CN(C(=O)COc2cccc(Cl)c2)CC12CCOCC2. The Morgan fingerprint density at radius 1 is 1.38 bits per heavy atom. The molecule has 0 saturated carbocycles. The van der Waals surface area contributed by atoms with E-state index < -0.39 is 11.9 Å². The lowest BCUT2D eigenvalue weighted by Gasteiger charge is -2.36. The van der Waals surface area contributed by atoms with Crippen LogP contribution in [0.25, 0.3) is 0 Å². The number of likely N-dealkylation sites (tertiary alicyclic amines) is 1. The molecule has 0 radical (unpaired) electrons.